The molecule has 8 nitrogen and oxygen atoms in total. The second kappa shape index (κ2) is 7.77. The first-order chi connectivity index (χ1) is 16.5. The Bertz CT molecular complexity index is 1330. The van der Waals surface area contributed by atoms with Crippen LogP contribution in [0.15, 0.2) is 24.4 Å². The van der Waals surface area contributed by atoms with Crippen molar-refractivity contribution in [2.24, 2.45) is 5.92 Å². The molecule has 35 heavy (non-hydrogen) atoms. The van der Waals surface area contributed by atoms with Gasteiger partial charge in [0.15, 0.2) is 23.0 Å². The van der Waals surface area contributed by atoms with E-state index in [2.05, 4.69) is 20.3 Å². The average molecular weight is 497 g/mol. The molecule has 0 radical (unpaired) electrons. The fraction of sp³-hybridized carbons (Fsp3) is 0.409. The molecule has 2 aromatic heterocycles. The van der Waals surface area contributed by atoms with Crippen LogP contribution in [-0.4, -0.2) is 46.5 Å². The van der Waals surface area contributed by atoms with E-state index >= 15 is 0 Å². The molecule has 2 aliphatic rings. The standard InChI is InChI=1S/C22H20F5N5O3/c1-9-13(10-4-5-11(23)14(24)16(10)34-3)17(35-21(9,2)22(25,26)27)18-30-12-6-7-28-19(15(12)31-18)32-8-29-20(32)33/h4-7,9,13,17H,8H2,1-3H3,(H,29,33)(H,30,31)/t9-,13-,17+,21+/m0/s1. The minimum atomic E-state index is -4.78. The molecule has 0 aliphatic carbocycles. The number of aromatic nitrogens is 3. The third-order valence-electron chi connectivity index (χ3n) is 6.87. The first-order valence-corrected chi connectivity index (χ1v) is 10.6. The Kier molecular flexibility index (Phi) is 5.16. The fourth-order valence-electron chi connectivity index (χ4n) is 4.72. The van der Waals surface area contributed by atoms with Crippen LogP contribution in [0.3, 0.4) is 0 Å². The highest BCUT2D eigenvalue weighted by atomic mass is 19.4. The summed E-state index contributed by atoms with van der Waals surface area (Å²) < 4.78 is 81.7. The van der Waals surface area contributed by atoms with E-state index in [-0.39, 0.29) is 29.4 Å². The molecule has 4 heterocycles. The van der Waals surface area contributed by atoms with E-state index in [1.54, 1.807) is 6.07 Å². The Hall–Kier alpha value is -3.48. The molecule has 186 valence electrons. The summed E-state index contributed by atoms with van der Waals surface area (Å²) >= 11 is 0. The van der Waals surface area contributed by atoms with Crippen LogP contribution in [0.2, 0.25) is 0 Å². The summed E-state index contributed by atoms with van der Waals surface area (Å²) in [5.41, 5.74) is -1.95. The summed E-state index contributed by atoms with van der Waals surface area (Å²) in [5.74, 6) is -5.12. The second-order valence-corrected chi connectivity index (χ2v) is 8.66. The van der Waals surface area contributed by atoms with Gasteiger partial charge in [0.05, 0.1) is 12.6 Å². The fourth-order valence-corrected chi connectivity index (χ4v) is 4.72. The lowest BCUT2D eigenvalue weighted by Crippen LogP contribution is -2.57. The number of pyridine rings is 1. The number of carbonyl (C=O) groups excluding carboxylic acids is 1. The van der Waals surface area contributed by atoms with Gasteiger partial charge in [-0.05, 0) is 19.1 Å². The second-order valence-electron chi connectivity index (χ2n) is 8.66. The van der Waals surface area contributed by atoms with Gasteiger partial charge in [-0.15, -0.1) is 0 Å². The number of imidazole rings is 1. The normalized spacial score (nSPS) is 26.7. The molecule has 4 atom stereocenters. The number of amides is 2. The van der Waals surface area contributed by atoms with Crippen molar-refractivity contribution in [1.82, 2.24) is 20.3 Å². The molecular formula is C22H20F5N5O3. The summed E-state index contributed by atoms with van der Waals surface area (Å²) in [4.78, 5) is 24.8. The van der Waals surface area contributed by atoms with E-state index < -0.39 is 53.1 Å². The quantitative estimate of drug-likeness (QED) is 0.517. The van der Waals surface area contributed by atoms with Gasteiger partial charge < -0.3 is 19.8 Å². The minimum absolute atomic E-state index is 0.0119. The number of carbonyl (C=O) groups is 1. The monoisotopic (exact) mass is 497 g/mol. The summed E-state index contributed by atoms with van der Waals surface area (Å²) in [6.07, 6.45) is -4.68. The molecule has 2 amide bonds. The lowest BCUT2D eigenvalue weighted by Gasteiger charge is -2.32. The average Bonchev–Trinajstić information content (AvgIpc) is 3.35. The zero-order chi connectivity index (χ0) is 25.3. The molecule has 5 rings (SSSR count). The molecule has 0 spiro atoms. The maximum atomic E-state index is 14.6. The molecule has 2 aliphatic heterocycles. The van der Waals surface area contributed by atoms with Gasteiger partial charge in [0.2, 0.25) is 5.82 Å². The van der Waals surface area contributed by atoms with E-state index in [0.717, 1.165) is 20.1 Å². The molecule has 2 N–H and O–H groups in total. The van der Waals surface area contributed by atoms with Crippen molar-refractivity contribution in [2.45, 2.75) is 37.6 Å². The predicted molar refractivity (Wildman–Crippen MR) is 113 cm³/mol. The first-order valence-electron chi connectivity index (χ1n) is 10.6. The van der Waals surface area contributed by atoms with Crippen LogP contribution in [0, 0.1) is 17.6 Å². The number of benzene rings is 1. The van der Waals surface area contributed by atoms with Gasteiger partial charge in [-0.25, -0.2) is 19.2 Å². The number of halogens is 5. The Morgan fingerprint density at radius 2 is 2.00 bits per heavy atom. The molecule has 0 unspecified atom stereocenters. The van der Waals surface area contributed by atoms with Crippen molar-refractivity contribution < 1.29 is 36.2 Å². The zero-order valence-corrected chi connectivity index (χ0v) is 18.7. The van der Waals surface area contributed by atoms with Crippen molar-refractivity contribution in [3.8, 4) is 5.75 Å². The van der Waals surface area contributed by atoms with Crippen molar-refractivity contribution in [3.63, 3.8) is 0 Å². The summed E-state index contributed by atoms with van der Waals surface area (Å²) in [7, 11) is 1.11. The van der Waals surface area contributed by atoms with E-state index in [9.17, 15) is 26.7 Å². The Labute approximate surface area is 195 Å². The van der Waals surface area contributed by atoms with Crippen LogP contribution in [0.5, 0.6) is 5.75 Å². The van der Waals surface area contributed by atoms with E-state index in [0.29, 0.717) is 5.52 Å². The highest BCUT2D eigenvalue weighted by Gasteiger charge is 2.65. The van der Waals surface area contributed by atoms with Gasteiger partial charge in [-0.2, -0.15) is 17.6 Å². The van der Waals surface area contributed by atoms with E-state index in [1.807, 2.05) is 0 Å². The van der Waals surface area contributed by atoms with Crippen molar-refractivity contribution in [3.05, 3.63) is 47.4 Å². The Balaban J connectivity index is 1.68. The van der Waals surface area contributed by atoms with Gasteiger partial charge >= 0.3 is 12.2 Å². The Morgan fingerprint density at radius 1 is 1.26 bits per heavy atom. The van der Waals surface area contributed by atoms with Crippen molar-refractivity contribution >= 4 is 22.9 Å². The number of rotatable bonds is 4. The van der Waals surface area contributed by atoms with E-state index in [1.165, 1.54) is 24.1 Å². The number of H-pyrrole nitrogens is 1. The SMILES string of the molecule is COc1c([C@H]2[C@H](c3nc4c(N5CNC5=O)nccc4[nH]3)O[C@@](C)(C(F)(F)F)[C@H]2C)ccc(F)c1F. The lowest BCUT2D eigenvalue weighted by molar-refractivity contribution is -0.275. The van der Waals surface area contributed by atoms with Gasteiger partial charge in [0.1, 0.15) is 24.1 Å². The predicted octanol–water partition coefficient (Wildman–Crippen LogP) is 4.54. The first kappa shape index (κ1) is 23.3. The Morgan fingerprint density at radius 3 is 2.60 bits per heavy atom. The number of anilines is 1. The van der Waals surface area contributed by atoms with Gasteiger partial charge in [0, 0.05) is 23.6 Å². The molecule has 13 heteroatoms. The van der Waals surface area contributed by atoms with Crippen LogP contribution in [0.4, 0.5) is 32.6 Å². The van der Waals surface area contributed by atoms with E-state index in [4.69, 9.17) is 9.47 Å². The largest absolute Gasteiger partial charge is 0.493 e. The lowest BCUT2D eigenvalue weighted by atomic mass is 9.77. The third-order valence-corrected chi connectivity index (χ3v) is 6.87. The number of nitrogens with zero attached hydrogens (tertiary/aromatic N) is 3. The summed E-state index contributed by atoms with van der Waals surface area (Å²) in [5, 5.41) is 2.55. The van der Waals surface area contributed by atoms with Crippen molar-refractivity contribution in [2.75, 3.05) is 18.7 Å². The summed E-state index contributed by atoms with van der Waals surface area (Å²) in [6, 6.07) is 3.19. The number of hydrogen-bond donors (Lipinski definition) is 2. The molecule has 0 saturated carbocycles. The molecule has 2 saturated heterocycles. The summed E-state index contributed by atoms with van der Waals surface area (Å²) in [6.45, 7) is 2.45. The highest BCUT2D eigenvalue weighted by Crippen LogP contribution is 2.59. The number of alkyl halides is 3. The number of urea groups is 1. The number of hydrogen-bond acceptors (Lipinski definition) is 5. The van der Waals surface area contributed by atoms with Crippen LogP contribution in [-0.2, 0) is 4.74 Å². The number of methoxy groups -OCH3 is 1. The maximum absolute atomic E-state index is 14.6. The van der Waals surface area contributed by atoms with Gasteiger partial charge in [-0.1, -0.05) is 13.0 Å². The smallest absolute Gasteiger partial charge is 0.417 e. The minimum Gasteiger partial charge on any atom is -0.493 e. The van der Waals surface area contributed by atoms with Crippen LogP contribution >= 0.6 is 0 Å². The van der Waals surface area contributed by atoms with Crippen molar-refractivity contribution in [1.29, 1.82) is 0 Å². The maximum Gasteiger partial charge on any atom is 0.417 e. The van der Waals surface area contributed by atoms with Crippen LogP contribution in [0.1, 0.15) is 37.3 Å². The zero-order valence-electron chi connectivity index (χ0n) is 18.7. The van der Waals surface area contributed by atoms with Crippen LogP contribution < -0.4 is 15.0 Å². The van der Waals surface area contributed by atoms with Gasteiger partial charge in [-0.3, -0.25) is 4.90 Å². The third kappa shape index (κ3) is 3.32. The molecule has 1 aromatic carbocycles. The number of aromatic amines is 1. The number of ether oxygens (including phenoxy) is 2. The number of fused-ring (bicyclic) bond motifs is 1. The topological polar surface area (TPSA) is 92.4 Å². The molecular weight excluding hydrogens is 477 g/mol. The molecule has 3 aromatic rings. The molecule has 2 fully saturated rings. The van der Waals surface area contributed by atoms with Crippen LogP contribution in [0.25, 0.3) is 11.0 Å². The molecule has 0 bridgehead atoms. The van der Waals surface area contributed by atoms with Gasteiger partial charge in [0.25, 0.3) is 0 Å². The number of nitrogens with one attached hydrogen (secondary N) is 2. The highest BCUT2D eigenvalue weighted by molar-refractivity contribution is 6.02.